The van der Waals surface area contributed by atoms with Gasteiger partial charge in [-0.3, -0.25) is 9.59 Å². The van der Waals surface area contributed by atoms with Crippen molar-refractivity contribution in [3.63, 3.8) is 0 Å². The van der Waals surface area contributed by atoms with Crippen molar-refractivity contribution in [3.8, 4) is 0 Å². The van der Waals surface area contributed by atoms with Crippen molar-refractivity contribution < 1.29 is 14.0 Å². The third-order valence-electron chi connectivity index (χ3n) is 3.74. The lowest BCUT2D eigenvalue weighted by molar-refractivity contribution is -0.121. The molecule has 7 heteroatoms. The summed E-state index contributed by atoms with van der Waals surface area (Å²) in [4.78, 5) is 23.6. The predicted octanol–water partition coefficient (Wildman–Crippen LogP) is 2.70. The summed E-state index contributed by atoms with van der Waals surface area (Å²) in [5, 5.41) is 5.54. The number of aryl methyl sites for hydroxylation is 1. The first-order valence-corrected chi connectivity index (χ1v) is 8.20. The van der Waals surface area contributed by atoms with Gasteiger partial charge in [-0.2, -0.15) is 0 Å². The molecule has 0 aliphatic heterocycles. The van der Waals surface area contributed by atoms with Crippen LogP contribution in [0, 0.1) is 5.82 Å². The van der Waals surface area contributed by atoms with Crippen LogP contribution in [0.2, 0.25) is 0 Å². The number of para-hydroxylation sites is 1. The van der Waals surface area contributed by atoms with Crippen LogP contribution in [0.25, 0.3) is 0 Å². The zero-order valence-electron chi connectivity index (χ0n) is 14.3. The average Bonchev–Trinajstić information content (AvgIpc) is 2.61. The van der Waals surface area contributed by atoms with Crippen molar-refractivity contribution in [2.45, 2.75) is 19.3 Å². The number of amides is 2. The molecule has 2 amide bonds. The highest BCUT2D eigenvalue weighted by atomic mass is 35.5. The molecule has 0 aliphatic rings. The summed E-state index contributed by atoms with van der Waals surface area (Å²) in [6, 6.07) is 12.8. The highest BCUT2D eigenvalue weighted by molar-refractivity contribution is 5.94. The van der Waals surface area contributed by atoms with Crippen LogP contribution in [-0.4, -0.2) is 24.9 Å². The van der Waals surface area contributed by atoms with Crippen molar-refractivity contribution in [3.05, 3.63) is 65.5 Å². The summed E-state index contributed by atoms with van der Waals surface area (Å²) in [5.74, 6) is -0.685. The first kappa shape index (κ1) is 21.4. The molecule has 0 bridgehead atoms. The molecule has 0 unspecified atom stereocenters. The standard InChI is InChI=1S/C19H22FN3O2.ClH/c20-16-9-6-15(7-10-16)19(25)23-13-3-12-22-18(24)11-8-14-4-1-2-5-17(14)21;/h1-2,4-7,9-10H,3,8,11-13,21H2,(H,22,24)(H,23,25);1H. The minimum atomic E-state index is -0.378. The number of hydrogen-bond acceptors (Lipinski definition) is 3. The number of halogens is 2. The number of nitrogens with two attached hydrogens (primary N) is 1. The van der Waals surface area contributed by atoms with Crippen LogP contribution in [0.4, 0.5) is 10.1 Å². The molecule has 26 heavy (non-hydrogen) atoms. The number of rotatable bonds is 8. The fourth-order valence-electron chi connectivity index (χ4n) is 2.32. The van der Waals surface area contributed by atoms with Crippen molar-refractivity contribution in [1.29, 1.82) is 0 Å². The second-order valence-electron chi connectivity index (χ2n) is 5.67. The van der Waals surface area contributed by atoms with Gasteiger partial charge in [-0.1, -0.05) is 18.2 Å². The van der Waals surface area contributed by atoms with E-state index in [0.717, 1.165) is 5.56 Å². The molecule has 140 valence electrons. The van der Waals surface area contributed by atoms with E-state index in [0.29, 0.717) is 43.6 Å². The van der Waals surface area contributed by atoms with Gasteiger partial charge in [0, 0.05) is 30.8 Å². The lowest BCUT2D eigenvalue weighted by Gasteiger charge is -2.08. The predicted molar refractivity (Wildman–Crippen MR) is 103 cm³/mol. The molecule has 0 radical (unpaired) electrons. The molecule has 0 atom stereocenters. The zero-order valence-corrected chi connectivity index (χ0v) is 15.2. The maximum absolute atomic E-state index is 12.8. The molecule has 5 nitrogen and oxygen atoms in total. The molecule has 0 heterocycles. The third kappa shape index (κ3) is 7.11. The van der Waals surface area contributed by atoms with Crippen molar-refractivity contribution in [2.24, 2.45) is 0 Å². The quantitative estimate of drug-likeness (QED) is 0.487. The van der Waals surface area contributed by atoms with E-state index in [1.807, 2.05) is 24.3 Å². The number of carbonyl (C=O) groups excluding carboxylic acids is 2. The number of benzene rings is 2. The summed E-state index contributed by atoms with van der Waals surface area (Å²) in [6.07, 6.45) is 1.59. The Labute approximate surface area is 158 Å². The molecule has 4 N–H and O–H groups in total. The van der Waals surface area contributed by atoms with Gasteiger partial charge in [0.15, 0.2) is 0 Å². The Morgan fingerprint density at radius 1 is 0.962 bits per heavy atom. The fourth-order valence-corrected chi connectivity index (χ4v) is 2.32. The maximum Gasteiger partial charge on any atom is 0.251 e. The molecule has 2 rings (SSSR count). The monoisotopic (exact) mass is 379 g/mol. The first-order valence-electron chi connectivity index (χ1n) is 8.20. The summed E-state index contributed by atoms with van der Waals surface area (Å²) >= 11 is 0. The van der Waals surface area contributed by atoms with E-state index >= 15 is 0 Å². The number of nitrogen functional groups attached to an aromatic ring is 1. The van der Waals surface area contributed by atoms with Gasteiger partial charge in [-0.25, -0.2) is 4.39 Å². The van der Waals surface area contributed by atoms with E-state index in [4.69, 9.17) is 5.73 Å². The van der Waals surface area contributed by atoms with Gasteiger partial charge in [-0.05, 0) is 48.7 Å². The molecule has 0 fully saturated rings. The van der Waals surface area contributed by atoms with E-state index in [-0.39, 0.29) is 30.0 Å². The second kappa shape index (κ2) is 11.1. The zero-order chi connectivity index (χ0) is 18.1. The molecule has 0 spiro atoms. The van der Waals surface area contributed by atoms with Crippen molar-refractivity contribution >= 4 is 29.9 Å². The first-order chi connectivity index (χ1) is 12.1. The van der Waals surface area contributed by atoms with Gasteiger partial charge in [0.1, 0.15) is 5.82 Å². The minimum absolute atomic E-state index is 0. The highest BCUT2D eigenvalue weighted by Gasteiger charge is 2.06. The van der Waals surface area contributed by atoms with Gasteiger partial charge >= 0.3 is 0 Å². The summed E-state index contributed by atoms with van der Waals surface area (Å²) in [5.41, 5.74) is 7.90. The van der Waals surface area contributed by atoms with E-state index in [1.165, 1.54) is 24.3 Å². The van der Waals surface area contributed by atoms with Crippen LogP contribution in [0.15, 0.2) is 48.5 Å². The molecular formula is C19H23ClFN3O2. The average molecular weight is 380 g/mol. The number of carbonyl (C=O) groups is 2. The molecule has 0 saturated heterocycles. The van der Waals surface area contributed by atoms with Gasteiger partial charge in [0.2, 0.25) is 5.91 Å². The summed E-state index contributed by atoms with van der Waals surface area (Å²) in [6.45, 7) is 0.912. The van der Waals surface area contributed by atoms with Crippen LogP contribution in [0.1, 0.15) is 28.8 Å². The maximum atomic E-state index is 12.8. The highest BCUT2D eigenvalue weighted by Crippen LogP contribution is 2.12. The summed E-state index contributed by atoms with van der Waals surface area (Å²) in [7, 11) is 0. The Morgan fingerprint density at radius 3 is 2.31 bits per heavy atom. The lowest BCUT2D eigenvalue weighted by atomic mass is 10.1. The Morgan fingerprint density at radius 2 is 1.62 bits per heavy atom. The molecule has 0 saturated carbocycles. The Hall–Kier alpha value is -2.60. The topological polar surface area (TPSA) is 84.2 Å². The molecule has 0 aliphatic carbocycles. The Kier molecular flexibility index (Phi) is 9.15. The van der Waals surface area contributed by atoms with Gasteiger partial charge < -0.3 is 16.4 Å². The van der Waals surface area contributed by atoms with Crippen LogP contribution in [-0.2, 0) is 11.2 Å². The van der Waals surface area contributed by atoms with Gasteiger partial charge in [-0.15, -0.1) is 12.4 Å². The van der Waals surface area contributed by atoms with Gasteiger partial charge in [0.25, 0.3) is 5.91 Å². The molecule has 0 aromatic heterocycles. The molecule has 2 aromatic rings. The van der Waals surface area contributed by atoms with Crippen LogP contribution >= 0.6 is 12.4 Å². The van der Waals surface area contributed by atoms with E-state index in [2.05, 4.69) is 10.6 Å². The van der Waals surface area contributed by atoms with Crippen molar-refractivity contribution in [1.82, 2.24) is 10.6 Å². The Bertz CT molecular complexity index is 723. The fraction of sp³-hybridized carbons (Fsp3) is 0.263. The van der Waals surface area contributed by atoms with E-state index in [1.54, 1.807) is 0 Å². The van der Waals surface area contributed by atoms with E-state index < -0.39 is 0 Å². The van der Waals surface area contributed by atoms with E-state index in [9.17, 15) is 14.0 Å². The molecular weight excluding hydrogens is 357 g/mol. The number of anilines is 1. The molecule has 2 aromatic carbocycles. The lowest BCUT2D eigenvalue weighted by Crippen LogP contribution is -2.30. The normalized spacial score (nSPS) is 9.88. The van der Waals surface area contributed by atoms with Crippen LogP contribution in [0.3, 0.4) is 0 Å². The number of nitrogens with one attached hydrogen (secondary N) is 2. The number of hydrogen-bond donors (Lipinski definition) is 3. The van der Waals surface area contributed by atoms with Crippen LogP contribution in [0.5, 0.6) is 0 Å². The van der Waals surface area contributed by atoms with Gasteiger partial charge in [0.05, 0.1) is 0 Å². The van der Waals surface area contributed by atoms with Crippen molar-refractivity contribution in [2.75, 3.05) is 18.8 Å². The third-order valence-corrected chi connectivity index (χ3v) is 3.74. The Balaban J connectivity index is 0.00000338. The minimum Gasteiger partial charge on any atom is -0.399 e. The largest absolute Gasteiger partial charge is 0.399 e. The SMILES string of the molecule is Cl.Nc1ccccc1CCC(=O)NCCCNC(=O)c1ccc(F)cc1. The van der Waals surface area contributed by atoms with Crippen LogP contribution < -0.4 is 16.4 Å². The second-order valence-corrected chi connectivity index (χ2v) is 5.67. The summed E-state index contributed by atoms with van der Waals surface area (Å²) < 4.78 is 12.8. The smallest absolute Gasteiger partial charge is 0.251 e.